The predicted octanol–water partition coefficient (Wildman–Crippen LogP) is 1.90. The highest BCUT2D eigenvalue weighted by atomic mass is 32.1. The van der Waals surface area contributed by atoms with Gasteiger partial charge in [0.2, 0.25) is 0 Å². The zero-order valence-corrected chi connectivity index (χ0v) is 12.3. The molecule has 6 heteroatoms. The third-order valence-corrected chi connectivity index (χ3v) is 4.95. The van der Waals surface area contributed by atoms with Crippen molar-refractivity contribution in [3.63, 3.8) is 0 Å². The van der Waals surface area contributed by atoms with Crippen molar-refractivity contribution in [1.29, 1.82) is 0 Å². The third kappa shape index (κ3) is 2.25. The zero-order chi connectivity index (χ0) is 14.2. The number of rotatable bonds is 2. The summed E-state index contributed by atoms with van der Waals surface area (Å²) < 4.78 is 8.89. The van der Waals surface area contributed by atoms with E-state index in [1.54, 1.807) is 10.9 Å². The number of fused-ring (bicyclic) bond motifs is 3. The van der Waals surface area contributed by atoms with Gasteiger partial charge in [-0.05, 0) is 6.07 Å². The van der Waals surface area contributed by atoms with E-state index in [9.17, 15) is 4.79 Å². The second-order valence-corrected chi connectivity index (χ2v) is 6.22. The Morgan fingerprint density at radius 2 is 2.05 bits per heavy atom. The highest BCUT2D eigenvalue weighted by molar-refractivity contribution is 7.25. The van der Waals surface area contributed by atoms with E-state index in [0.717, 1.165) is 46.6 Å². The standard InChI is InChI=1S/C15H15N3O2S/c19-15-14-13(11-3-1-2-4-12(11)21-14)16-9-18(15)10-17-5-7-20-8-6-17/h1-4,9H,5-8,10H2. The Hall–Kier alpha value is -1.76. The molecule has 0 saturated carbocycles. The van der Waals surface area contributed by atoms with Gasteiger partial charge >= 0.3 is 0 Å². The van der Waals surface area contributed by atoms with E-state index in [1.165, 1.54) is 11.3 Å². The third-order valence-electron chi connectivity index (χ3n) is 3.81. The molecule has 3 aromatic rings. The Morgan fingerprint density at radius 3 is 2.90 bits per heavy atom. The Balaban J connectivity index is 1.78. The maximum Gasteiger partial charge on any atom is 0.272 e. The SMILES string of the molecule is O=c1c2sc3ccccc3c2ncn1CN1CCOCC1. The Kier molecular flexibility index (Phi) is 3.21. The van der Waals surface area contributed by atoms with Crippen LogP contribution >= 0.6 is 11.3 Å². The Bertz CT molecular complexity index is 849. The van der Waals surface area contributed by atoms with Crippen LogP contribution in [0.25, 0.3) is 20.3 Å². The first kappa shape index (κ1) is 12.9. The summed E-state index contributed by atoms with van der Waals surface area (Å²) in [6.07, 6.45) is 1.67. The topological polar surface area (TPSA) is 47.4 Å². The van der Waals surface area contributed by atoms with Gasteiger partial charge in [-0.2, -0.15) is 0 Å². The van der Waals surface area contributed by atoms with Crippen LogP contribution in [0.15, 0.2) is 35.4 Å². The molecule has 0 aliphatic carbocycles. The molecule has 0 unspecified atom stereocenters. The van der Waals surface area contributed by atoms with Crippen molar-refractivity contribution in [3.05, 3.63) is 40.9 Å². The number of thiophene rings is 1. The van der Waals surface area contributed by atoms with Crippen molar-refractivity contribution in [1.82, 2.24) is 14.5 Å². The number of nitrogens with zero attached hydrogens (tertiary/aromatic N) is 3. The molecule has 0 bridgehead atoms. The van der Waals surface area contributed by atoms with Crippen LogP contribution in [0.2, 0.25) is 0 Å². The lowest BCUT2D eigenvalue weighted by Gasteiger charge is -2.26. The molecule has 108 valence electrons. The average Bonchev–Trinajstić information content (AvgIpc) is 2.91. The normalized spacial score (nSPS) is 16.8. The van der Waals surface area contributed by atoms with E-state index in [4.69, 9.17) is 4.74 Å². The minimum Gasteiger partial charge on any atom is -0.379 e. The molecule has 1 aromatic carbocycles. The van der Waals surface area contributed by atoms with Crippen molar-refractivity contribution < 1.29 is 4.74 Å². The molecular formula is C15H15N3O2S. The quantitative estimate of drug-likeness (QED) is 0.725. The molecule has 0 radical (unpaired) electrons. The van der Waals surface area contributed by atoms with E-state index in [2.05, 4.69) is 9.88 Å². The first-order valence-electron chi connectivity index (χ1n) is 7.00. The second-order valence-electron chi connectivity index (χ2n) is 5.17. The number of aromatic nitrogens is 2. The van der Waals surface area contributed by atoms with Crippen LogP contribution in [0, 0.1) is 0 Å². The molecule has 5 nitrogen and oxygen atoms in total. The van der Waals surface area contributed by atoms with E-state index in [0.29, 0.717) is 6.67 Å². The molecule has 1 fully saturated rings. The van der Waals surface area contributed by atoms with Gasteiger partial charge in [0, 0.05) is 23.2 Å². The predicted molar refractivity (Wildman–Crippen MR) is 83.8 cm³/mol. The fraction of sp³-hybridized carbons (Fsp3) is 0.333. The number of morpholine rings is 1. The van der Waals surface area contributed by atoms with Crippen LogP contribution in [-0.2, 0) is 11.4 Å². The minimum atomic E-state index is 0.0488. The van der Waals surface area contributed by atoms with Crippen LogP contribution in [0.5, 0.6) is 0 Å². The Labute approximate surface area is 125 Å². The van der Waals surface area contributed by atoms with Gasteiger partial charge in [-0.3, -0.25) is 14.3 Å². The maximum atomic E-state index is 12.6. The fourth-order valence-electron chi connectivity index (χ4n) is 2.67. The van der Waals surface area contributed by atoms with Crippen molar-refractivity contribution >= 4 is 31.6 Å². The lowest BCUT2D eigenvalue weighted by atomic mass is 10.2. The summed E-state index contributed by atoms with van der Waals surface area (Å²) in [4.78, 5) is 19.4. The fourth-order valence-corrected chi connectivity index (χ4v) is 3.78. The van der Waals surface area contributed by atoms with Crippen LogP contribution in [0.4, 0.5) is 0 Å². The van der Waals surface area contributed by atoms with E-state index in [1.807, 2.05) is 24.3 Å². The van der Waals surface area contributed by atoms with Crippen LogP contribution < -0.4 is 5.56 Å². The summed E-state index contributed by atoms with van der Waals surface area (Å²) in [5.74, 6) is 0. The van der Waals surface area contributed by atoms with Gasteiger partial charge in [0.05, 0.1) is 31.7 Å². The van der Waals surface area contributed by atoms with Gasteiger partial charge in [-0.15, -0.1) is 11.3 Å². The van der Waals surface area contributed by atoms with Gasteiger partial charge in [-0.25, -0.2) is 4.98 Å². The van der Waals surface area contributed by atoms with Crippen LogP contribution in [0.1, 0.15) is 0 Å². The summed E-state index contributed by atoms with van der Waals surface area (Å²) in [5, 5.41) is 1.06. The van der Waals surface area contributed by atoms with Gasteiger partial charge in [0.25, 0.3) is 5.56 Å². The lowest BCUT2D eigenvalue weighted by Crippen LogP contribution is -2.39. The molecule has 1 aliphatic rings. The van der Waals surface area contributed by atoms with Crippen molar-refractivity contribution in [2.45, 2.75) is 6.67 Å². The lowest BCUT2D eigenvalue weighted by molar-refractivity contribution is 0.0228. The summed E-state index contributed by atoms with van der Waals surface area (Å²) >= 11 is 1.53. The van der Waals surface area contributed by atoms with Gasteiger partial charge in [0.1, 0.15) is 4.70 Å². The molecule has 0 atom stereocenters. The highest BCUT2D eigenvalue weighted by Crippen LogP contribution is 2.29. The van der Waals surface area contributed by atoms with Crippen molar-refractivity contribution in [3.8, 4) is 0 Å². The average molecular weight is 301 g/mol. The van der Waals surface area contributed by atoms with E-state index in [-0.39, 0.29) is 5.56 Å². The molecule has 1 saturated heterocycles. The molecular weight excluding hydrogens is 286 g/mol. The molecule has 4 rings (SSSR count). The smallest absolute Gasteiger partial charge is 0.272 e. The van der Waals surface area contributed by atoms with Crippen LogP contribution in [-0.4, -0.2) is 40.8 Å². The first-order chi connectivity index (χ1) is 10.3. The minimum absolute atomic E-state index is 0.0488. The summed E-state index contributed by atoms with van der Waals surface area (Å²) in [7, 11) is 0. The summed E-state index contributed by atoms with van der Waals surface area (Å²) in [6.45, 7) is 3.76. The summed E-state index contributed by atoms with van der Waals surface area (Å²) in [6, 6.07) is 8.03. The second kappa shape index (κ2) is 5.22. The zero-order valence-electron chi connectivity index (χ0n) is 11.5. The van der Waals surface area contributed by atoms with Gasteiger partial charge in [-0.1, -0.05) is 18.2 Å². The number of hydrogen-bond acceptors (Lipinski definition) is 5. The van der Waals surface area contributed by atoms with E-state index < -0.39 is 0 Å². The molecule has 0 spiro atoms. The molecule has 0 N–H and O–H groups in total. The Morgan fingerprint density at radius 1 is 1.24 bits per heavy atom. The van der Waals surface area contributed by atoms with E-state index >= 15 is 0 Å². The van der Waals surface area contributed by atoms with Crippen molar-refractivity contribution in [2.24, 2.45) is 0 Å². The van der Waals surface area contributed by atoms with Crippen LogP contribution in [0.3, 0.4) is 0 Å². The maximum absolute atomic E-state index is 12.6. The number of hydrogen-bond donors (Lipinski definition) is 0. The highest BCUT2D eigenvalue weighted by Gasteiger charge is 2.14. The first-order valence-corrected chi connectivity index (χ1v) is 7.81. The molecule has 0 amide bonds. The van der Waals surface area contributed by atoms with Gasteiger partial charge < -0.3 is 4.74 Å². The monoisotopic (exact) mass is 301 g/mol. The number of benzene rings is 1. The molecule has 21 heavy (non-hydrogen) atoms. The largest absolute Gasteiger partial charge is 0.379 e. The summed E-state index contributed by atoms with van der Waals surface area (Å²) in [5.41, 5.74) is 0.867. The number of ether oxygens (including phenoxy) is 1. The molecule has 1 aliphatic heterocycles. The molecule has 2 aromatic heterocycles. The van der Waals surface area contributed by atoms with Crippen molar-refractivity contribution in [2.75, 3.05) is 26.3 Å². The molecule has 3 heterocycles. The van der Waals surface area contributed by atoms with Gasteiger partial charge in [0.15, 0.2) is 0 Å².